The summed E-state index contributed by atoms with van der Waals surface area (Å²) in [5.41, 5.74) is -0.370. The lowest BCUT2D eigenvalue weighted by Gasteiger charge is -2.47. The third-order valence-corrected chi connectivity index (χ3v) is 7.91. The van der Waals surface area contributed by atoms with Crippen LogP contribution in [0.1, 0.15) is 53.4 Å². The Balaban J connectivity index is 0.00000512. The number of ether oxygens (including phenoxy) is 3. The summed E-state index contributed by atoms with van der Waals surface area (Å²) < 4.78 is 17.5. The van der Waals surface area contributed by atoms with Crippen LogP contribution < -0.4 is 29.3 Å². The molecule has 0 bridgehead atoms. The van der Waals surface area contributed by atoms with Gasteiger partial charge in [0, 0.05) is 7.11 Å². The van der Waals surface area contributed by atoms with Gasteiger partial charge in [-0.05, 0) is 58.2 Å². The van der Waals surface area contributed by atoms with Gasteiger partial charge in [0.1, 0.15) is 40.8 Å². The van der Waals surface area contributed by atoms with Crippen LogP contribution in [0.2, 0.25) is 0 Å². The maximum atomic E-state index is 12.2. The largest absolute Gasteiger partial charge is 1.00 e. The van der Waals surface area contributed by atoms with Crippen molar-refractivity contribution in [3.63, 3.8) is 0 Å². The van der Waals surface area contributed by atoms with Gasteiger partial charge in [0.25, 0.3) is 0 Å². The van der Waals surface area contributed by atoms with Crippen molar-refractivity contribution in [3.8, 4) is 0 Å². The summed E-state index contributed by atoms with van der Waals surface area (Å²) in [5.74, 6) is 0.296. The number of allylic oxidation sites excluding steroid dienone is 1. The number of halogens is 2. The second-order valence-electron chi connectivity index (χ2n) is 8.86. The van der Waals surface area contributed by atoms with E-state index in [2.05, 4.69) is 18.3 Å². The number of methoxy groups -OCH3 is 1. The Morgan fingerprint density at radius 2 is 2.06 bits per heavy atom. The molecule has 6 unspecified atom stereocenters. The number of aliphatic hydroxyl groups is 1. The van der Waals surface area contributed by atoms with Crippen molar-refractivity contribution in [3.05, 3.63) is 11.6 Å². The Bertz CT molecular complexity index is 679. The summed E-state index contributed by atoms with van der Waals surface area (Å²) in [6.07, 6.45) is 2.78. The predicted octanol–water partition coefficient (Wildman–Crippen LogP) is -0.255. The lowest BCUT2D eigenvalue weighted by atomic mass is 9.66. The summed E-state index contributed by atoms with van der Waals surface area (Å²) in [6, 6.07) is 0. The van der Waals surface area contributed by atoms with E-state index in [1.165, 1.54) is 17.3 Å². The normalized spacial score (nSPS) is 33.6. The molecule has 1 aliphatic carbocycles. The van der Waals surface area contributed by atoms with E-state index in [0.717, 1.165) is 18.6 Å². The van der Waals surface area contributed by atoms with Crippen molar-refractivity contribution in [2.45, 2.75) is 82.9 Å². The lowest BCUT2D eigenvalue weighted by molar-refractivity contribution is -0.170. The minimum Gasteiger partial charge on any atom is -1.00 e. The van der Waals surface area contributed by atoms with Crippen molar-refractivity contribution in [2.24, 2.45) is 5.92 Å². The topological polar surface area (TPSA) is 97.4 Å². The zero-order chi connectivity index (χ0) is 23.2. The number of epoxide rings is 1. The molecule has 1 saturated heterocycles. The second kappa shape index (κ2) is 13.1. The molecule has 2 N–H and O–H groups in total. The maximum Gasteiger partial charge on any atom is 0.414 e. The molecule has 2 fully saturated rings. The predicted molar refractivity (Wildman–Crippen MR) is 124 cm³/mol. The van der Waals surface area contributed by atoms with E-state index in [4.69, 9.17) is 25.8 Å². The Morgan fingerprint density at radius 1 is 1.38 bits per heavy atom. The molecule has 7 nitrogen and oxygen atoms in total. The second-order valence-corrected chi connectivity index (χ2v) is 10.3. The molecule has 2 aliphatic rings. The van der Waals surface area contributed by atoms with Crippen molar-refractivity contribution < 1.29 is 52.9 Å². The van der Waals surface area contributed by atoms with Crippen LogP contribution >= 0.6 is 11.6 Å². The first-order chi connectivity index (χ1) is 14.6. The zero-order valence-electron chi connectivity index (χ0n) is 19.5. The van der Waals surface area contributed by atoms with Crippen molar-refractivity contribution in [1.29, 1.82) is 0 Å². The van der Waals surface area contributed by atoms with Crippen molar-refractivity contribution in [2.75, 3.05) is 24.5 Å². The Labute approximate surface area is 217 Å². The molecule has 2 rings (SSSR count). The molecule has 0 aromatic heterocycles. The first-order valence-electron chi connectivity index (χ1n) is 10.9. The van der Waals surface area contributed by atoms with Crippen LogP contribution in [0.3, 0.4) is 0 Å². The van der Waals surface area contributed by atoms with Crippen LogP contribution in [0.15, 0.2) is 11.6 Å². The van der Waals surface area contributed by atoms with Gasteiger partial charge < -0.3 is 43.3 Å². The number of hydrogen-bond acceptors (Lipinski definition) is 6. The van der Waals surface area contributed by atoms with Crippen LogP contribution in [-0.2, 0) is 30.8 Å². The van der Waals surface area contributed by atoms with E-state index in [1.807, 2.05) is 20.8 Å². The molecule has 186 valence electrons. The number of hydrogen-bond donors (Lipinski definition) is 2. The number of rotatable bonds is 10. The van der Waals surface area contributed by atoms with E-state index in [9.17, 15) is 14.7 Å². The number of thiol groups is 1. The molecule has 1 saturated carbocycles. The zero-order valence-corrected chi connectivity index (χ0v) is 23.3. The molecule has 0 aromatic rings. The van der Waals surface area contributed by atoms with E-state index in [0.29, 0.717) is 18.6 Å². The summed E-state index contributed by atoms with van der Waals surface area (Å²) >= 11 is 6.63. The molecule has 32 heavy (non-hydrogen) atoms. The molecule has 2 amide bonds. The smallest absolute Gasteiger partial charge is 0.414 e. The maximum absolute atomic E-state index is 12.2. The molecular formula is C22H37ClINO6S. The SMILES string of the molecule is CCC[SH+]CC1(O)CCC(OC(=O)NC(=O)CCl)C(OC)C1C1(C)OC1CC=C(C)C.[I-]. The van der Waals surface area contributed by atoms with E-state index < -0.39 is 35.4 Å². The van der Waals surface area contributed by atoms with Gasteiger partial charge in [-0.3, -0.25) is 10.1 Å². The Hall–Kier alpha value is -0.0700. The van der Waals surface area contributed by atoms with Gasteiger partial charge in [-0.15, -0.1) is 11.6 Å². The van der Waals surface area contributed by atoms with E-state index in [-0.39, 0.29) is 41.9 Å². The Kier molecular flexibility index (Phi) is 12.3. The quantitative estimate of drug-likeness (QED) is 0.0678. The van der Waals surface area contributed by atoms with Crippen LogP contribution in [0, 0.1) is 5.92 Å². The van der Waals surface area contributed by atoms with Crippen molar-refractivity contribution in [1.82, 2.24) is 5.32 Å². The molecule has 10 heteroatoms. The molecule has 6 atom stereocenters. The number of nitrogens with one attached hydrogen (secondary N) is 1. The average Bonchev–Trinajstić information content (AvgIpc) is 3.38. The number of imide groups is 1. The van der Waals surface area contributed by atoms with Crippen LogP contribution in [0.5, 0.6) is 0 Å². The number of alkyl halides is 1. The third kappa shape index (κ3) is 7.46. The fourth-order valence-electron chi connectivity index (χ4n) is 4.60. The summed E-state index contributed by atoms with van der Waals surface area (Å²) in [4.78, 5) is 23.6. The highest BCUT2D eigenvalue weighted by molar-refractivity contribution is 7.78. The molecule has 0 spiro atoms. The minimum absolute atomic E-state index is 0. The molecule has 0 radical (unpaired) electrons. The van der Waals surface area contributed by atoms with Gasteiger partial charge in [-0.2, -0.15) is 0 Å². The van der Waals surface area contributed by atoms with Gasteiger partial charge in [-0.25, -0.2) is 4.79 Å². The van der Waals surface area contributed by atoms with Gasteiger partial charge in [0.05, 0.1) is 12.0 Å². The number of alkyl carbamates (subject to hydrolysis) is 1. The summed E-state index contributed by atoms with van der Waals surface area (Å²) in [6.45, 7) is 8.22. The van der Waals surface area contributed by atoms with Crippen molar-refractivity contribution >= 4 is 35.4 Å². The van der Waals surface area contributed by atoms with Gasteiger partial charge in [0.15, 0.2) is 0 Å². The van der Waals surface area contributed by atoms with Gasteiger partial charge >= 0.3 is 6.09 Å². The number of amides is 2. The lowest BCUT2D eigenvalue weighted by Crippen LogP contribution is -3.00. The highest BCUT2D eigenvalue weighted by Crippen LogP contribution is 2.54. The first-order valence-corrected chi connectivity index (χ1v) is 12.7. The van der Waals surface area contributed by atoms with E-state index >= 15 is 0 Å². The van der Waals surface area contributed by atoms with Crippen LogP contribution in [0.25, 0.3) is 0 Å². The number of carbonyl (C=O) groups is 2. The third-order valence-electron chi connectivity index (χ3n) is 6.13. The summed E-state index contributed by atoms with van der Waals surface area (Å²) in [5, 5.41) is 13.9. The molecule has 1 aliphatic heterocycles. The fourth-order valence-corrected chi connectivity index (χ4v) is 5.88. The van der Waals surface area contributed by atoms with E-state index in [1.54, 1.807) is 7.11 Å². The van der Waals surface area contributed by atoms with Gasteiger partial charge in [-0.1, -0.05) is 18.6 Å². The monoisotopic (exact) mass is 605 g/mol. The molecular weight excluding hydrogens is 569 g/mol. The molecule has 0 aromatic carbocycles. The first kappa shape index (κ1) is 30.0. The minimum atomic E-state index is -0.992. The number of carbonyl (C=O) groups excluding carboxylic acids is 2. The summed E-state index contributed by atoms with van der Waals surface area (Å²) in [7, 11) is 1.56. The highest BCUT2D eigenvalue weighted by atomic mass is 127. The van der Waals surface area contributed by atoms with Crippen LogP contribution in [0.4, 0.5) is 4.79 Å². The fraction of sp³-hybridized carbons (Fsp3) is 0.818. The Morgan fingerprint density at radius 3 is 2.62 bits per heavy atom. The average molecular weight is 606 g/mol. The molecule has 1 heterocycles. The van der Waals surface area contributed by atoms with Crippen LogP contribution in [-0.4, -0.2) is 71.1 Å². The standard InChI is InChI=1S/C22H36ClNO6S.HI/c1-6-11-31-13-22(27)10-9-15(29-20(26)24-17(25)12-23)18(28-5)19(22)21(4)16(30-21)8-7-14(2)3;/h7,15-16,18-19,27H,6,8-13H2,1-5H3,(H,24,25,26);1H. The highest BCUT2D eigenvalue weighted by Gasteiger charge is 2.68. The van der Waals surface area contributed by atoms with Gasteiger partial charge in [0.2, 0.25) is 5.91 Å².